The van der Waals surface area contributed by atoms with Crippen LogP contribution < -0.4 is 10.1 Å². The second-order valence-electron chi connectivity index (χ2n) is 5.88. The van der Waals surface area contributed by atoms with Crippen molar-refractivity contribution in [1.82, 2.24) is 0 Å². The topological polar surface area (TPSA) is 75.6 Å². The fourth-order valence-corrected chi connectivity index (χ4v) is 2.90. The Bertz CT molecular complexity index is 798. The van der Waals surface area contributed by atoms with Crippen molar-refractivity contribution < 1.29 is 19.4 Å². The SMILES string of the molecule is CCc1ccc2c(c1)[C@@](O)(CC(=O)c1ccc(OC)cc1)C(=O)N2. The van der Waals surface area contributed by atoms with Crippen LogP contribution in [0.4, 0.5) is 5.69 Å². The number of amides is 1. The van der Waals surface area contributed by atoms with Crippen molar-refractivity contribution in [3.8, 4) is 5.75 Å². The summed E-state index contributed by atoms with van der Waals surface area (Å²) in [6.07, 6.45) is 0.481. The van der Waals surface area contributed by atoms with Crippen molar-refractivity contribution in [2.24, 2.45) is 0 Å². The van der Waals surface area contributed by atoms with Crippen LogP contribution in [-0.2, 0) is 16.8 Å². The number of benzene rings is 2. The maximum atomic E-state index is 12.5. The van der Waals surface area contributed by atoms with E-state index in [1.54, 1.807) is 43.5 Å². The molecule has 5 heteroatoms. The number of anilines is 1. The van der Waals surface area contributed by atoms with E-state index in [0.29, 0.717) is 22.6 Å². The number of Topliss-reactive ketones (excluding diaryl/α,β-unsaturated/α-hetero) is 1. The monoisotopic (exact) mass is 325 g/mol. The highest BCUT2D eigenvalue weighted by Gasteiger charge is 2.46. The zero-order chi connectivity index (χ0) is 17.3. The summed E-state index contributed by atoms with van der Waals surface area (Å²) >= 11 is 0. The van der Waals surface area contributed by atoms with Crippen LogP contribution in [0.1, 0.15) is 34.8 Å². The van der Waals surface area contributed by atoms with Gasteiger partial charge in [0.15, 0.2) is 11.4 Å². The predicted octanol–water partition coefficient (Wildman–Crippen LogP) is 2.67. The Morgan fingerprint density at radius 2 is 1.92 bits per heavy atom. The molecule has 2 aromatic rings. The first-order chi connectivity index (χ1) is 11.5. The van der Waals surface area contributed by atoms with E-state index in [4.69, 9.17) is 4.74 Å². The van der Waals surface area contributed by atoms with E-state index in [2.05, 4.69) is 5.32 Å². The molecule has 0 unspecified atom stereocenters. The summed E-state index contributed by atoms with van der Waals surface area (Å²) in [7, 11) is 1.55. The minimum atomic E-state index is -1.84. The van der Waals surface area contributed by atoms with Gasteiger partial charge in [0, 0.05) is 16.8 Å². The van der Waals surface area contributed by atoms with Gasteiger partial charge in [-0.1, -0.05) is 19.1 Å². The van der Waals surface area contributed by atoms with E-state index in [1.807, 2.05) is 13.0 Å². The van der Waals surface area contributed by atoms with Crippen LogP contribution in [-0.4, -0.2) is 23.9 Å². The van der Waals surface area contributed by atoms with E-state index in [1.165, 1.54) is 0 Å². The minimum absolute atomic E-state index is 0.300. The van der Waals surface area contributed by atoms with Gasteiger partial charge in [-0.2, -0.15) is 0 Å². The number of carbonyl (C=O) groups excluding carboxylic acids is 2. The molecule has 0 fully saturated rings. The molecule has 5 nitrogen and oxygen atoms in total. The fourth-order valence-electron chi connectivity index (χ4n) is 2.90. The van der Waals surface area contributed by atoms with Crippen LogP contribution in [0, 0.1) is 0 Å². The molecule has 2 aromatic carbocycles. The molecule has 2 N–H and O–H groups in total. The van der Waals surface area contributed by atoms with Crippen LogP contribution in [0.2, 0.25) is 0 Å². The summed E-state index contributed by atoms with van der Waals surface area (Å²) in [5, 5.41) is 13.6. The van der Waals surface area contributed by atoms with Crippen molar-refractivity contribution in [3.63, 3.8) is 0 Å². The average Bonchev–Trinajstić information content (AvgIpc) is 2.85. The normalized spacial score (nSPS) is 18.9. The molecule has 24 heavy (non-hydrogen) atoms. The smallest absolute Gasteiger partial charge is 0.261 e. The lowest BCUT2D eigenvalue weighted by molar-refractivity contribution is -0.133. The number of hydrogen-bond donors (Lipinski definition) is 2. The summed E-state index contributed by atoms with van der Waals surface area (Å²) < 4.78 is 5.07. The standard InChI is InChI=1S/C19H19NO4/c1-3-12-4-9-16-15(10-12)19(23,18(22)20-16)11-17(21)13-5-7-14(24-2)8-6-13/h4-10,23H,3,11H2,1-2H3,(H,20,22)/t19-/m0/s1. The maximum absolute atomic E-state index is 12.5. The van der Waals surface area contributed by atoms with Gasteiger partial charge in [-0.15, -0.1) is 0 Å². The number of aliphatic hydroxyl groups is 1. The van der Waals surface area contributed by atoms with Gasteiger partial charge >= 0.3 is 0 Å². The van der Waals surface area contributed by atoms with E-state index in [-0.39, 0.29) is 12.2 Å². The van der Waals surface area contributed by atoms with Gasteiger partial charge in [0.05, 0.1) is 13.5 Å². The number of rotatable bonds is 5. The molecule has 1 aliphatic rings. The number of fused-ring (bicyclic) bond motifs is 1. The number of aryl methyl sites for hydroxylation is 1. The Morgan fingerprint density at radius 1 is 1.21 bits per heavy atom. The highest BCUT2D eigenvalue weighted by molar-refractivity contribution is 6.09. The summed E-state index contributed by atoms with van der Waals surface area (Å²) in [5.41, 5.74) is 0.617. The molecular weight excluding hydrogens is 306 g/mol. The van der Waals surface area contributed by atoms with Crippen molar-refractivity contribution in [1.29, 1.82) is 0 Å². The molecule has 1 aliphatic heterocycles. The number of ether oxygens (including phenoxy) is 1. The van der Waals surface area contributed by atoms with E-state index in [9.17, 15) is 14.7 Å². The summed E-state index contributed by atoms with van der Waals surface area (Å²) in [6.45, 7) is 1.99. The molecule has 0 aliphatic carbocycles. The molecule has 1 amide bonds. The highest BCUT2D eigenvalue weighted by Crippen LogP contribution is 2.39. The number of methoxy groups -OCH3 is 1. The molecule has 3 rings (SSSR count). The number of carbonyl (C=O) groups is 2. The van der Waals surface area contributed by atoms with Gasteiger partial charge in [-0.05, 0) is 42.3 Å². The van der Waals surface area contributed by atoms with Gasteiger partial charge in [-0.3, -0.25) is 9.59 Å². The number of ketones is 1. The lowest BCUT2D eigenvalue weighted by atomic mass is 9.87. The Hall–Kier alpha value is -2.66. The molecule has 0 radical (unpaired) electrons. The Balaban J connectivity index is 1.91. The van der Waals surface area contributed by atoms with E-state index >= 15 is 0 Å². The first kappa shape index (κ1) is 16.2. The van der Waals surface area contributed by atoms with Gasteiger partial charge in [0.2, 0.25) is 0 Å². The van der Waals surface area contributed by atoms with Crippen molar-refractivity contribution in [2.45, 2.75) is 25.4 Å². The number of nitrogens with one attached hydrogen (secondary N) is 1. The second kappa shape index (κ2) is 6.09. The third-order valence-electron chi connectivity index (χ3n) is 4.39. The third kappa shape index (κ3) is 2.67. The molecule has 1 atom stereocenters. The Labute approximate surface area is 140 Å². The fraction of sp³-hybridized carbons (Fsp3) is 0.263. The molecule has 124 valence electrons. The van der Waals surface area contributed by atoms with Crippen LogP contribution in [0.5, 0.6) is 5.75 Å². The molecule has 0 saturated heterocycles. The van der Waals surface area contributed by atoms with Crippen LogP contribution >= 0.6 is 0 Å². The zero-order valence-electron chi connectivity index (χ0n) is 13.6. The first-order valence-corrected chi connectivity index (χ1v) is 7.82. The summed E-state index contributed by atoms with van der Waals surface area (Å²) in [4.78, 5) is 24.8. The van der Waals surface area contributed by atoms with Crippen molar-refractivity contribution >= 4 is 17.4 Å². The molecular formula is C19H19NO4. The molecule has 1 heterocycles. The summed E-state index contributed by atoms with van der Waals surface area (Å²) in [6, 6.07) is 12.1. The Morgan fingerprint density at radius 3 is 2.54 bits per heavy atom. The lowest BCUT2D eigenvalue weighted by Gasteiger charge is -2.20. The van der Waals surface area contributed by atoms with Gasteiger partial charge in [0.25, 0.3) is 5.91 Å². The molecule has 0 bridgehead atoms. The summed E-state index contributed by atoms with van der Waals surface area (Å²) in [5.74, 6) is -0.223. The third-order valence-corrected chi connectivity index (χ3v) is 4.39. The van der Waals surface area contributed by atoms with Crippen LogP contribution in [0.15, 0.2) is 42.5 Å². The second-order valence-corrected chi connectivity index (χ2v) is 5.88. The largest absolute Gasteiger partial charge is 0.497 e. The lowest BCUT2D eigenvalue weighted by Crippen LogP contribution is -2.36. The van der Waals surface area contributed by atoms with E-state index < -0.39 is 11.5 Å². The quantitative estimate of drug-likeness (QED) is 0.829. The molecule has 0 aromatic heterocycles. The highest BCUT2D eigenvalue weighted by atomic mass is 16.5. The van der Waals surface area contributed by atoms with Gasteiger partial charge in [0.1, 0.15) is 5.75 Å². The van der Waals surface area contributed by atoms with Crippen molar-refractivity contribution in [2.75, 3.05) is 12.4 Å². The Kier molecular flexibility index (Phi) is 4.11. The average molecular weight is 325 g/mol. The maximum Gasteiger partial charge on any atom is 0.261 e. The van der Waals surface area contributed by atoms with Crippen molar-refractivity contribution in [3.05, 3.63) is 59.2 Å². The molecule has 0 saturated carbocycles. The predicted molar refractivity (Wildman–Crippen MR) is 90.3 cm³/mol. The van der Waals surface area contributed by atoms with Crippen LogP contribution in [0.3, 0.4) is 0 Å². The van der Waals surface area contributed by atoms with Gasteiger partial charge < -0.3 is 15.2 Å². The first-order valence-electron chi connectivity index (χ1n) is 7.82. The molecule has 0 spiro atoms. The zero-order valence-corrected chi connectivity index (χ0v) is 13.6. The minimum Gasteiger partial charge on any atom is -0.497 e. The van der Waals surface area contributed by atoms with Crippen LogP contribution in [0.25, 0.3) is 0 Å². The number of hydrogen-bond acceptors (Lipinski definition) is 4. The van der Waals surface area contributed by atoms with E-state index in [0.717, 1.165) is 12.0 Å². The van der Waals surface area contributed by atoms with Gasteiger partial charge in [-0.25, -0.2) is 0 Å².